The van der Waals surface area contributed by atoms with Crippen LogP contribution < -0.4 is 5.32 Å². The molecule has 1 atom stereocenters. The summed E-state index contributed by atoms with van der Waals surface area (Å²) in [4.78, 5) is 31.2. The summed E-state index contributed by atoms with van der Waals surface area (Å²) in [7, 11) is 0. The Bertz CT molecular complexity index is 769. The van der Waals surface area contributed by atoms with Gasteiger partial charge in [0, 0.05) is 32.0 Å². The minimum atomic E-state index is -0.426. The lowest BCUT2D eigenvalue weighted by atomic mass is 9.70. The number of likely N-dealkylation sites (tertiary alicyclic amines) is 1. The van der Waals surface area contributed by atoms with Gasteiger partial charge in [0.25, 0.3) is 0 Å². The van der Waals surface area contributed by atoms with Crippen LogP contribution in [0.4, 0.5) is 0 Å². The molecule has 1 aliphatic heterocycles. The largest absolute Gasteiger partial charge is 0.351 e. The molecule has 0 unspecified atom stereocenters. The molecule has 2 heterocycles. The highest BCUT2D eigenvalue weighted by atomic mass is 16.2. The number of benzene rings is 1. The highest BCUT2D eigenvalue weighted by Crippen LogP contribution is 2.36. The number of amides is 1. The Morgan fingerprint density at radius 1 is 1.11 bits per heavy atom. The molecule has 1 N–H and O–H groups in total. The molecule has 1 fully saturated rings. The Labute approximate surface area is 160 Å². The van der Waals surface area contributed by atoms with Crippen molar-refractivity contribution in [2.75, 3.05) is 13.1 Å². The summed E-state index contributed by atoms with van der Waals surface area (Å²) in [6.07, 6.45) is 4.93. The van der Waals surface area contributed by atoms with Gasteiger partial charge in [-0.25, -0.2) is 0 Å². The monoisotopic (exact) mass is 365 g/mol. The molecule has 142 valence electrons. The molecule has 0 radical (unpaired) electrons. The predicted molar refractivity (Wildman–Crippen MR) is 105 cm³/mol. The van der Waals surface area contributed by atoms with Gasteiger partial charge in [0.15, 0.2) is 0 Å². The molecule has 1 saturated heterocycles. The zero-order chi connectivity index (χ0) is 19.3. The Morgan fingerprint density at radius 3 is 2.33 bits per heavy atom. The quantitative estimate of drug-likeness (QED) is 0.855. The third-order valence-electron chi connectivity index (χ3n) is 5.80. The smallest absolute Gasteiger partial charge is 0.237 e. The highest BCUT2D eigenvalue weighted by molar-refractivity contribution is 5.88. The number of rotatable bonds is 6. The second kappa shape index (κ2) is 8.44. The van der Waals surface area contributed by atoms with Gasteiger partial charge in [-0.2, -0.15) is 0 Å². The van der Waals surface area contributed by atoms with Crippen LogP contribution in [0, 0.1) is 0 Å². The number of carbonyl (C=O) groups excluding carboxylic acids is 2. The molecular weight excluding hydrogens is 338 g/mol. The lowest BCUT2D eigenvalue weighted by molar-refractivity contribution is -0.128. The van der Waals surface area contributed by atoms with E-state index in [0.29, 0.717) is 6.54 Å². The summed E-state index contributed by atoms with van der Waals surface area (Å²) in [5.41, 5.74) is 1.70. The zero-order valence-corrected chi connectivity index (χ0v) is 16.0. The van der Waals surface area contributed by atoms with E-state index < -0.39 is 5.41 Å². The highest BCUT2D eigenvalue weighted by Gasteiger charge is 2.41. The van der Waals surface area contributed by atoms with E-state index in [-0.39, 0.29) is 17.7 Å². The fourth-order valence-corrected chi connectivity index (χ4v) is 3.90. The van der Waals surface area contributed by atoms with Gasteiger partial charge in [-0.1, -0.05) is 30.3 Å². The fraction of sp³-hybridized carbons (Fsp3) is 0.409. The summed E-state index contributed by atoms with van der Waals surface area (Å²) >= 11 is 0. The van der Waals surface area contributed by atoms with Gasteiger partial charge < -0.3 is 5.32 Å². The molecule has 1 aliphatic rings. The van der Waals surface area contributed by atoms with Crippen LogP contribution in [0.1, 0.15) is 37.8 Å². The van der Waals surface area contributed by atoms with E-state index in [0.717, 1.165) is 37.1 Å². The average Bonchev–Trinajstić information content (AvgIpc) is 2.72. The molecule has 5 heteroatoms. The first-order valence-electron chi connectivity index (χ1n) is 9.50. The maximum absolute atomic E-state index is 12.5. The van der Waals surface area contributed by atoms with Gasteiger partial charge in [0.05, 0.1) is 11.5 Å². The van der Waals surface area contributed by atoms with E-state index in [2.05, 4.69) is 15.2 Å². The van der Waals surface area contributed by atoms with Crippen LogP contribution in [0.25, 0.3) is 0 Å². The third kappa shape index (κ3) is 4.25. The maximum Gasteiger partial charge on any atom is 0.237 e. The van der Waals surface area contributed by atoms with E-state index in [9.17, 15) is 9.59 Å². The Kier molecular flexibility index (Phi) is 6.01. The number of hydrogen-bond donors (Lipinski definition) is 1. The number of nitrogens with zero attached hydrogens (tertiary/aromatic N) is 2. The van der Waals surface area contributed by atoms with Crippen LogP contribution in [0.2, 0.25) is 0 Å². The molecule has 1 aromatic heterocycles. The van der Waals surface area contributed by atoms with Crippen LogP contribution >= 0.6 is 0 Å². The summed E-state index contributed by atoms with van der Waals surface area (Å²) in [6.45, 7) is 5.59. The Morgan fingerprint density at radius 2 is 1.74 bits per heavy atom. The molecule has 1 amide bonds. The lowest BCUT2D eigenvalue weighted by Gasteiger charge is -2.42. The molecule has 1 aromatic carbocycles. The molecule has 3 rings (SSSR count). The summed E-state index contributed by atoms with van der Waals surface area (Å²) in [5, 5.41) is 3.00. The standard InChI is InChI=1S/C22H27N3O2/c1-17(21(27)24-16-19-8-12-23-13-9-19)25-14-10-22(11-15-25,18(2)26)20-6-4-3-5-7-20/h3-9,12-13,17H,10-11,14-16H2,1-2H3,(H,24,27)/t17-/m0/s1. The molecule has 2 aromatic rings. The Balaban J connectivity index is 1.60. The molecule has 0 bridgehead atoms. The van der Waals surface area contributed by atoms with E-state index in [1.54, 1.807) is 19.3 Å². The third-order valence-corrected chi connectivity index (χ3v) is 5.80. The first-order valence-corrected chi connectivity index (χ1v) is 9.50. The van der Waals surface area contributed by atoms with Crippen molar-refractivity contribution in [3.8, 4) is 0 Å². The van der Waals surface area contributed by atoms with Gasteiger partial charge >= 0.3 is 0 Å². The minimum absolute atomic E-state index is 0.0156. The maximum atomic E-state index is 12.5. The first-order chi connectivity index (χ1) is 13.0. The second-order valence-corrected chi connectivity index (χ2v) is 7.29. The number of piperidine rings is 1. The molecule has 0 spiro atoms. The SMILES string of the molecule is CC(=O)C1(c2ccccc2)CCN([C@@H](C)C(=O)NCc2ccncc2)CC1. The van der Waals surface area contributed by atoms with Crippen molar-refractivity contribution >= 4 is 11.7 Å². The molecule has 5 nitrogen and oxygen atoms in total. The average molecular weight is 365 g/mol. The van der Waals surface area contributed by atoms with E-state index in [4.69, 9.17) is 0 Å². The van der Waals surface area contributed by atoms with Crippen LogP contribution in [0.15, 0.2) is 54.9 Å². The van der Waals surface area contributed by atoms with Crippen molar-refractivity contribution in [2.24, 2.45) is 0 Å². The number of Topliss-reactive ketones (excluding diaryl/α,β-unsaturated/α-hetero) is 1. The number of nitrogens with one attached hydrogen (secondary N) is 1. The fourth-order valence-electron chi connectivity index (χ4n) is 3.90. The van der Waals surface area contributed by atoms with Gasteiger partial charge in [-0.3, -0.25) is 19.5 Å². The predicted octanol–water partition coefficient (Wildman–Crippen LogP) is 2.71. The Hall–Kier alpha value is -2.53. The minimum Gasteiger partial charge on any atom is -0.351 e. The lowest BCUT2D eigenvalue weighted by Crippen LogP contribution is -2.52. The summed E-state index contributed by atoms with van der Waals surface area (Å²) in [5.74, 6) is 0.227. The van der Waals surface area contributed by atoms with Crippen molar-refractivity contribution in [3.05, 3.63) is 66.0 Å². The first kappa shape index (κ1) is 19.2. The van der Waals surface area contributed by atoms with E-state index in [1.807, 2.05) is 49.4 Å². The number of carbonyl (C=O) groups is 2. The van der Waals surface area contributed by atoms with Crippen LogP contribution in [-0.4, -0.2) is 40.7 Å². The van der Waals surface area contributed by atoms with E-state index in [1.165, 1.54) is 0 Å². The van der Waals surface area contributed by atoms with Crippen LogP contribution in [0.5, 0.6) is 0 Å². The molecule has 27 heavy (non-hydrogen) atoms. The topological polar surface area (TPSA) is 62.3 Å². The number of aromatic nitrogens is 1. The van der Waals surface area contributed by atoms with Gasteiger partial charge in [-0.15, -0.1) is 0 Å². The molecule has 0 saturated carbocycles. The van der Waals surface area contributed by atoms with Crippen LogP contribution in [0.3, 0.4) is 0 Å². The zero-order valence-electron chi connectivity index (χ0n) is 16.0. The van der Waals surface area contributed by atoms with Gasteiger partial charge in [-0.05, 0) is 49.9 Å². The van der Waals surface area contributed by atoms with Gasteiger partial charge in [0.1, 0.15) is 5.78 Å². The van der Waals surface area contributed by atoms with Crippen molar-refractivity contribution in [2.45, 2.75) is 44.7 Å². The van der Waals surface area contributed by atoms with Crippen molar-refractivity contribution < 1.29 is 9.59 Å². The molecule has 0 aliphatic carbocycles. The number of ketones is 1. The molecular formula is C22H27N3O2. The van der Waals surface area contributed by atoms with Crippen molar-refractivity contribution in [3.63, 3.8) is 0 Å². The number of pyridine rings is 1. The van der Waals surface area contributed by atoms with Gasteiger partial charge in [0.2, 0.25) is 5.91 Å². The number of hydrogen-bond acceptors (Lipinski definition) is 4. The normalized spacial score (nSPS) is 17.9. The summed E-state index contributed by atoms with van der Waals surface area (Å²) < 4.78 is 0. The van der Waals surface area contributed by atoms with Crippen LogP contribution in [-0.2, 0) is 21.5 Å². The summed E-state index contributed by atoms with van der Waals surface area (Å²) in [6, 6.07) is 13.6. The second-order valence-electron chi connectivity index (χ2n) is 7.29. The van der Waals surface area contributed by atoms with Crippen molar-refractivity contribution in [1.82, 2.24) is 15.2 Å². The van der Waals surface area contributed by atoms with Crippen molar-refractivity contribution in [1.29, 1.82) is 0 Å². The van der Waals surface area contributed by atoms with E-state index >= 15 is 0 Å².